The van der Waals surface area contributed by atoms with Crippen molar-refractivity contribution in [1.82, 2.24) is 9.78 Å². The van der Waals surface area contributed by atoms with Gasteiger partial charge in [0.15, 0.2) is 0 Å². The zero-order valence-corrected chi connectivity index (χ0v) is 10.6. The molecule has 1 aromatic heterocycles. The lowest BCUT2D eigenvalue weighted by Crippen LogP contribution is -2.28. The Kier molecular flexibility index (Phi) is 3.65. The van der Waals surface area contributed by atoms with Gasteiger partial charge in [-0.1, -0.05) is 6.07 Å². The molecule has 0 aliphatic carbocycles. The number of rotatable bonds is 4. The molecule has 1 heterocycles. The Morgan fingerprint density at radius 3 is 2.70 bits per heavy atom. The van der Waals surface area contributed by atoms with E-state index in [0.29, 0.717) is 11.3 Å². The zero-order chi connectivity index (χ0) is 14.7. The summed E-state index contributed by atoms with van der Waals surface area (Å²) in [6.07, 6.45) is 0. The van der Waals surface area contributed by atoms with Crippen LogP contribution >= 0.6 is 0 Å². The van der Waals surface area contributed by atoms with Crippen LogP contribution in [0.15, 0.2) is 39.9 Å². The average Bonchev–Trinajstić information content (AvgIpc) is 2.42. The van der Waals surface area contributed by atoms with Crippen LogP contribution in [0.5, 0.6) is 0 Å². The van der Waals surface area contributed by atoms with Crippen molar-refractivity contribution in [2.75, 3.05) is 12.4 Å². The second-order valence-corrected chi connectivity index (χ2v) is 4.09. The molecule has 20 heavy (non-hydrogen) atoms. The third-order valence-corrected chi connectivity index (χ3v) is 2.76. The van der Waals surface area contributed by atoms with Gasteiger partial charge in [0.05, 0.1) is 11.5 Å². The normalized spacial score (nSPS) is 10.2. The summed E-state index contributed by atoms with van der Waals surface area (Å²) in [7, 11) is 1.58. The number of anilines is 1. The number of nitro benzene ring substituents is 1. The number of nitrogens with one attached hydrogen (secondary N) is 2. The zero-order valence-electron chi connectivity index (χ0n) is 10.6. The average molecular weight is 276 g/mol. The molecule has 8 heteroatoms. The summed E-state index contributed by atoms with van der Waals surface area (Å²) in [5.41, 5.74) is 0.0412. The molecule has 0 aliphatic heterocycles. The third-order valence-electron chi connectivity index (χ3n) is 2.76. The van der Waals surface area contributed by atoms with Crippen molar-refractivity contribution in [1.29, 1.82) is 0 Å². The second kappa shape index (κ2) is 5.39. The minimum Gasteiger partial charge on any atom is -0.383 e. The molecule has 104 valence electrons. The molecule has 0 saturated carbocycles. The Balaban J connectivity index is 2.42. The standard InChI is InChI=1S/C12H12N4O4/c1-13-9-3-2-8(6-10(9)16(19)20)7-15-12(18)5-4-11(17)14-15/h2-6,13H,7H2,1H3,(H,14,17). The summed E-state index contributed by atoms with van der Waals surface area (Å²) < 4.78 is 1.10. The van der Waals surface area contributed by atoms with E-state index in [1.54, 1.807) is 19.2 Å². The van der Waals surface area contributed by atoms with Crippen LogP contribution in [0.4, 0.5) is 11.4 Å². The molecular formula is C12H12N4O4. The van der Waals surface area contributed by atoms with E-state index >= 15 is 0 Å². The molecule has 0 amide bonds. The van der Waals surface area contributed by atoms with Crippen LogP contribution in [0.2, 0.25) is 0 Å². The molecule has 8 nitrogen and oxygen atoms in total. The Hall–Kier alpha value is -2.90. The quantitative estimate of drug-likeness (QED) is 0.625. The molecular weight excluding hydrogens is 264 g/mol. The van der Waals surface area contributed by atoms with Crippen LogP contribution < -0.4 is 16.4 Å². The van der Waals surface area contributed by atoms with Gasteiger partial charge in [-0.25, -0.2) is 4.68 Å². The van der Waals surface area contributed by atoms with Crippen molar-refractivity contribution >= 4 is 11.4 Å². The maximum absolute atomic E-state index is 11.6. The number of hydrogen-bond acceptors (Lipinski definition) is 5. The van der Waals surface area contributed by atoms with Crippen molar-refractivity contribution in [2.45, 2.75) is 6.54 Å². The minimum atomic E-state index is -0.508. The van der Waals surface area contributed by atoms with Crippen molar-refractivity contribution in [3.63, 3.8) is 0 Å². The number of nitro groups is 1. The Morgan fingerprint density at radius 2 is 2.05 bits per heavy atom. The van der Waals surface area contributed by atoms with E-state index in [1.165, 1.54) is 6.07 Å². The summed E-state index contributed by atoms with van der Waals surface area (Å²) in [4.78, 5) is 33.2. The van der Waals surface area contributed by atoms with E-state index in [1.807, 2.05) is 0 Å². The minimum absolute atomic E-state index is 0.0553. The fraction of sp³-hybridized carbons (Fsp3) is 0.167. The number of aromatic amines is 1. The van der Waals surface area contributed by atoms with E-state index < -0.39 is 10.5 Å². The number of benzene rings is 1. The molecule has 0 radical (unpaired) electrons. The lowest BCUT2D eigenvalue weighted by molar-refractivity contribution is -0.384. The number of H-pyrrole nitrogens is 1. The van der Waals surface area contributed by atoms with Crippen LogP contribution in [0.3, 0.4) is 0 Å². The highest BCUT2D eigenvalue weighted by atomic mass is 16.6. The smallest absolute Gasteiger partial charge is 0.292 e. The monoisotopic (exact) mass is 276 g/mol. The van der Waals surface area contributed by atoms with Crippen LogP contribution in [-0.2, 0) is 6.54 Å². The van der Waals surface area contributed by atoms with Crippen LogP contribution in [0.25, 0.3) is 0 Å². The molecule has 1 aromatic carbocycles. The van der Waals surface area contributed by atoms with E-state index in [-0.39, 0.29) is 17.8 Å². The van der Waals surface area contributed by atoms with Gasteiger partial charge in [-0.2, -0.15) is 0 Å². The predicted molar refractivity (Wildman–Crippen MR) is 73.1 cm³/mol. The molecule has 0 spiro atoms. The Morgan fingerprint density at radius 1 is 1.30 bits per heavy atom. The van der Waals surface area contributed by atoms with E-state index in [9.17, 15) is 19.7 Å². The summed E-state index contributed by atoms with van der Waals surface area (Å²) in [6, 6.07) is 6.85. The van der Waals surface area contributed by atoms with Crippen molar-refractivity contribution in [3.8, 4) is 0 Å². The van der Waals surface area contributed by atoms with Crippen molar-refractivity contribution in [3.05, 3.63) is 66.7 Å². The molecule has 2 aromatic rings. The van der Waals surface area contributed by atoms with Gasteiger partial charge >= 0.3 is 0 Å². The number of aromatic nitrogens is 2. The van der Waals surface area contributed by atoms with E-state index in [4.69, 9.17) is 0 Å². The van der Waals surface area contributed by atoms with E-state index in [2.05, 4.69) is 10.4 Å². The fourth-order valence-corrected chi connectivity index (χ4v) is 1.80. The van der Waals surface area contributed by atoms with E-state index in [0.717, 1.165) is 16.8 Å². The lowest BCUT2D eigenvalue weighted by Gasteiger charge is -2.07. The van der Waals surface area contributed by atoms with Crippen LogP contribution in [0.1, 0.15) is 5.56 Å². The second-order valence-electron chi connectivity index (χ2n) is 4.09. The number of hydrogen-bond donors (Lipinski definition) is 2. The molecule has 0 fully saturated rings. The maximum Gasteiger partial charge on any atom is 0.292 e. The summed E-state index contributed by atoms with van der Waals surface area (Å²) in [5.74, 6) is 0. The van der Waals surface area contributed by atoms with Gasteiger partial charge in [-0.05, 0) is 11.6 Å². The SMILES string of the molecule is CNc1ccc(Cn2[nH]c(=O)ccc2=O)cc1[N+](=O)[O-]. The lowest BCUT2D eigenvalue weighted by atomic mass is 10.1. The van der Waals surface area contributed by atoms with Gasteiger partial charge in [-0.3, -0.25) is 24.8 Å². The van der Waals surface area contributed by atoms with Gasteiger partial charge in [-0.15, -0.1) is 0 Å². The Labute approximate surface area is 112 Å². The topological polar surface area (TPSA) is 110 Å². The molecule has 0 unspecified atom stereocenters. The first-order valence-corrected chi connectivity index (χ1v) is 5.76. The van der Waals surface area contributed by atoms with Gasteiger partial charge in [0.1, 0.15) is 5.69 Å². The van der Waals surface area contributed by atoms with Gasteiger partial charge < -0.3 is 5.32 Å². The summed E-state index contributed by atoms with van der Waals surface area (Å²) in [5, 5.41) is 16.0. The highest BCUT2D eigenvalue weighted by Gasteiger charge is 2.13. The van der Waals surface area contributed by atoms with Crippen LogP contribution in [-0.4, -0.2) is 21.8 Å². The first kappa shape index (κ1) is 13.5. The molecule has 0 aliphatic rings. The van der Waals surface area contributed by atoms with Gasteiger partial charge in [0, 0.05) is 25.2 Å². The van der Waals surface area contributed by atoms with Gasteiger partial charge in [0.2, 0.25) is 0 Å². The number of nitrogens with zero attached hydrogens (tertiary/aromatic N) is 2. The molecule has 0 atom stereocenters. The molecule has 0 saturated heterocycles. The molecule has 2 rings (SSSR count). The first-order chi connectivity index (χ1) is 9.51. The predicted octanol–water partition coefficient (Wildman–Crippen LogP) is 0.535. The summed E-state index contributed by atoms with van der Waals surface area (Å²) >= 11 is 0. The largest absolute Gasteiger partial charge is 0.383 e. The maximum atomic E-state index is 11.6. The first-order valence-electron chi connectivity index (χ1n) is 5.76. The van der Waals surface area contributed by atoms with Crippen molar-refractivity contribution < 1.29 is 4.92 Å². The van der Waals surface area contributed by atoms with Crippen molar-refractivity contribution in [2.24, 2.45) is 0 Å². The molecule has 0 bridgehead atoms. The fourth-order valence-electron chi connectivity index (χ4n) is 1.80. The van der Waals surface area contributed by atoms with Crippen LogP contribution in [0, 0.1) is 10.1 Å². The highest BCUT2D eigenvalue weighted by molar-refractivity contribution is 5.62. The highest BCUT2D eigenvalue weighted by Crippen LogP contribution is 2.25. The Bertz CT molecular complexity index is 763. The third kappa shape index (κ3) is 2.74. The van der Waals surface area contributed by atoms with Gasteiger partial charge in [0.25, 0.3) is 16.8 Å². The molecule has 2 N–H and O–H groups in total. The summed E-state index contributed by atoms with van der Waals surface area (Å²) in [6.45, 7) is 0.0553.